The highest BCUT2D eigenvalue weighted by atomic mass is 35.5. The molecule has 0 amide bonds. The standard InChI is InChI=1S/C15H22ClN3O/c1-3-13(11-7-5-4-6-8-11)19-15-12(9-20)14(16)17-10(2)18-15/h9,11,13H,3-8H2,1-2H3,(H,17,18,19). The molecular formula is C15H22ClN3O. The predicted molar refractivity (Wildman–Crippen MR) is 81.4 cm³/mol. The van der Waals surface area contributed by atoms with Gasteiger partial charge in [-0.3, -0.25) is 4.79 Å². The maximum absolute atomic E-state index is 11.2. The molecule has 0 bridgehead atoms. The molecule has 20 heavy (non-hydrogen) atoms. The van der Waals surface area contributed by atoms with Gasteiger partial charge in [-0.2, -0.15) is 0 Å². The summed E-state index contributed by atoms with van der Waals surface area (Å²) in [6, 6.07) is 0.347. The third-order valence-electron chi connectivity index (χ3n) is 4.11. The van der Waals surface area contributed by atoms with E-state index in [4.69, 9.17) is 11.6 Å². The highest BCUT2D eigenvalue weighted by Crippen LogP contribution is 2.30. The lowest BCUT2D eigenvalue weighted by Gasteiger charge is -2.31. The van der Waals surface area contributed by atoms with Gasteiger partial charge in [-0.25, -0.2) is 9.97 Å². The van der Waals surface area contributed by atoms with Crippen LogP contribution in [0.1, 0.15) is 61.6 Å². The van der Waals surface area contributed by atoms with E-state index in [2.05, 4.69) is 22.2 Å². The maximum atomic E-state index is 11.2. The van der Waals surface area contributed by atoms with E-state index < -0.39 is 0 Å². The van der Waals surface area contributed by atoms with Crippen LogP contribution in [0.25, 0.3) is 0 Å². The molecule has 0 radical (unpaired) electrons. The summed E-state index contributed by atoms with van der Waals surface area (Å²) in [5, 5.41) is 3.66. The van der Waals surface area contributed by atoms with Crippen molar-refractivity contribution < 1.29 is 4.79 Å². The van der Waals surface area contributed by atoms with Crippen molar-refractivity contribution in [1.29, 1.82) is 0 Å². The van der Waals surface area contributed by atoms with E-state index in [-0.39, 0.29) is 5.15 Å². The third kappa shape index (κ3) is 3.48. The van der Waals surface area contributed by atoms with Crippen molar-refractivity contribution in [3.8, 4) is 0 Å². The van der Waals surface area contributed by atoms with Crippen molar-refractivity contribution in [1.82, 2.24) is 9.97 Å². The zero-order valence-corrected chi connectivity index (χ0v) is 12.9. The van der Waals surface area contributed by atoms with Crippen LogP contribution in [0.5, 0.6) is 0 Å². The quantitative estimate of drug-likeness (QED) is 0.658. The van der Waals surface area contributed by atoms with Gasteiger partial charge >= 0.3 is 0 Å². The summed E-state index contributed by atoms with van der Waals surface area (Å²) in [7, 11) is 0. The molecular weight excluding hydrogens is 274 g/mol. The molecule has 1 aliphatic carbocycles. The lowest BCUT2D eigenvalue weighted by atomic mass is 9.83. The van der Waals surface area contributed by atoms with E-state index in [1.807, 2.05) is 0 Å². The number of carbonyl (C=O) groups excluding carboxylic acids is 1. The molecule has 1 unspecified atom stereocenters. The monoisotopic (exact) mass is 295 g/mol. The first kappa shape index (κ1) is 15.2. The van der Waals surface area contributed by atoms with Gasteiger partial charge in [0.25, 0.3) is 0 Å². The van der Waals surface area contributed by atoms with E-state index in [0.717, 1.165) is 12.7 Å². The zero-order chi connectivity index (χ0) is 14.5. The van der Waals surface area contributed by atoms with Crippen molar-refractivity contribution >= 4 is 23.7 Å². The van der Waals surface area contributed by atoms with Gasteiger partial charge in [0, 0.05) is 6.04 Å². The number of halogens is 1. The van der Waals surface area contributed by atoms with E-state index in [0.29, 0.717) is 29.2 Å². The number of nitrogens with one attached hydrogen (secondary N) is 1. The Kier molecular flexibility index (Phi) is 5.35. The number of rotatable bonds is 5. The Morgan fingerprint density at radius 2 is 2.05 bits per heavy atom. The summed E-state index contributed by atoms with van der Waals surface area (Å²) in [6.45, 7) is 3.95. The second-order valence-corrected chi connectivity index (χ2v) is 5.86. The van der Waals surface area contributed by atoms with Crippen LogP contribution in [0.15, 0.2) is 0 Å². The van der Waals surface area contributed by atoms with Gasteiger partial charge in [0.1, 0.15) is 16.8 Å². The van der Waals surface area contributed by atoms with E-state index in [9.17, 15) is 4.79 Å². The van der Waals surface area contributed by atoms with Crippen LogP contribution < -0.4 is 5.32 Å². The highest BCUT2D eigenvalue weighted by Gasteiger charge is 2.24. The van der Waals surface area contributed by atoms with Crippen LogP contribution in [0.3, 0.4) is 0 Å². The number of hydrogen-bond acceptors (Lipinski definition) is 4. The molecule has 1 N–H and O–H groups in total. The van der Waals surface area contributed by atoms with Gasteiger partial charge in [0.05, 0.1) is 5.56 Å². The fourth-order valence-corrected chi connectivity index (χ4v) is 3.28. The topological polar surface area (TPSA) is 54.9 Å². The normalized spacial score (nSPS) is 17.8. The second-order valence-electron chi connectivity index (χ2n) is 5.50. The molecule has 110 valence electrons. The summed E-state index contributed by atoms with van der Waals surface area (Å²) in [6.07, 6.45) is 8.19. The van der Waals surface area contributed by atoms with E-state index in [1.165, 1.54) is 32.1 Å². The summed E-state index contributed by atoms with van der Waals surface area (Å²) >= 11 is 6.02. The lowest BCUT2D eigenvalue weighted by molar-refractivity contribution is 0.112. The fraction of sp³-hybridized carbons (Fsp3) is 0.667. The second kappa shape index (κ2) is 7.02. The first-order valence-electron chi connectivity index (χ1n) is 7.41. The van der Waals surface area contributed by atoms with Gasteiger partial charge in [-0.05, 0) is 32.1 Å². The number of carbonyl (C=O) groups is 1. The van der Waals surface area contributed by atoms with Crippen molar-refractivity contribution in [3.05, 3.63) is 16.5 Å². The minimum absolute atomic E-state index is 0.230. The molecule has 2 rings (SSSR count). The van der Waals surface area contributed by atoms with E-state index in [1.54, 1.807) is 6.92 Å². The zero-order valence-electron chi connectivity index (χ0n) is 12.2. The molecule has 1 aromatic heterocycles. The Labute approximate surface area is 125 Å². The smallest absolute Gasteiger partial charge is 0.156 e. The SMILES string of the molecule is CCC(Nc1nc(C)nc(Cl)c1C=O)C1CCCCC1. The Balaban J connectivity index is 2.20. The minimum atomic E-state index is 0.230. The Morgan fingerprint density at radius 1 is 1.35 bits per heavy atom. The van der Waals surface area contributed by atoms with Gasteiger partial charge in [0.15, 0.2) is 6.29 Å². The fourth-order valence-electron chi connectivity index (χ4n) is 3.03. The minimum Gasteiger partial charge on any atom is -0.366 e. The molecule has 4 nitrogen and oxygen atoms in total. The number of nitrogens with zero attached hydrogens (tertiary/aromatic N) is 2. The van der Waals surface area contributed by atoms with Gasteiger partial charge in [0.2, 0.25) is 0 Å². The van der Waals surface area contributed by atoms with Crippen molar-refractivity contribution in [2.45, 2.75) is 58.4 Å². The summed E-state index contributed by atoms with van der Waals surface area (Å²) in [5.74, 6) is 1.82. The first-order valence-corrected chi connectivity index (χ1v) is 7.79. The average molecular weight is 296 g/mol. The molecule has 5 heteroatoms. The number of hydrogen-bond donors (Lipinski definition) is 1. The highest BCUT2D eigenvalue weighted by molar-refractivity contribution is 6.32. The first-order chi connectivity index (χ1) is 9.65. The van der Waals surface area contributed by atoms with Crippen LogP contribution in [0.2, 0.25) is 5.15 Å². The van der Waals surface area contributed by atoms with Crippen molar-refractivity contribution in [2.24, 2.45) is 5.92 Å². The molecule has 1 heterocycles. The van der Waals surface area contributed by atoms with Gasteiger partial charge < -0.3 is 5.32 Å². The molecule has 1 saturated carbocycles. The number of aryl methyl sites for hydroxylation is 1. The van der Waals surface area contributed by atoms with Crippen LogP contribution >= 0.6 is 11.6 Å². The number of anilines is 1. The van der Waals surface area contributed by atoms with Crippen LogP contribution in [-0.2, 0) is 0 Å². The Hall–Kier alpha value is -1.16. The molecule has 1 fully saturated rings. The predicted octanol–water partition coefficient (Wildman–Crippen LogP) is 4.02. The van der Waals surface area contributed by atoms with Crippen LogP contribution in [0, 0.1) is 12.8 Å². The van der Waals surface area contributed by atoms with Crippen molar-refractivity contribution in [2.75, 3.05) is 5.32 Å². The van der Waals surface area contributed by atoms with Gasteiger partial charge in [-0.15, -0.1) is 0 Å². The maximum Gasteiger partial charge on any atom is 0.156 e. The summed E-state index contributed by atoms with van der Waals surface area (Å²) < 4.78 is 0. The van der Waals surface area contributed by atoms with Crippen molar-refractivity contribution in [3.63, 3.8) is 0 Å². The average Bonchev–Trinajstić information content (AvgIpc) is 2.45. The molecule has 1 aromatic rings. The lowest BCUT2D eigenvalue weighted by Crippen LogP contribution is -2.31. The number of aromatic nitrogens is 2. The third-order valence-corrected chi connectivity index (χ3v) is 4.40. The summed E-state index contributed by atoms with van der Waals surface area (Å²) in [4.78, 5) is 19.6. The molecule has 1 aliphatic rings. The summed E-state index contributed by atoms with van der Waals surface area (Å²) in [5.41, 5.74) is 0.367. The molecule has 0 aromatic carbocycles. The molecule has 0 aliphatic heterocycles. The van der Waals surface area contributed by atoms with Gasteiger partial charge in [-0.1, -0.05) is 37.8 Å². The number of aldehydes is 1. The van der Waals surface area contributed by atoms with Crippen LogP contribution in [-0.4, -0.2) is 22.3 Å². The Morgan fingerprint density at radius 3 is 2.65 bits per heavy atom. The Bertz CT molecular complexity index is 472. The molecule has 1 atom stereocenters. The van der Waals surface area contributed by atoms with E-state index >= 15 is 0 Å². The van der Waals surface area contributed by atoms with Crippen LogP contribution in [0.4, 0.5) is 5.82 Å². The molecule has 0 saturated heterocycles. The molecule has 0 spiro atoms. The largest absolute Gasteiger partial charge is 0.366 e.